The molecule has 0 radical (unpaired) electrons. The molecule has 1 aromatic heterocycles. The molecule has 1 amide bonds. The number of rotatable bonds is 3. The average Bonchev–Trinajstić information content (AvgIpc) is 2.53. The smallest absolute Gasteiger partial charge is 0.278 e. The van der Waals surface area contributed by atoms with Gasteiger partial charge in [0, 0.05) is 14.1 Å². The zero-order valence-corrected chi connectivity index (χ0v) is 11.2. The Bertz CT molecular complexity index is 660. The molecule has 1 heterocycles. The van der Waals surface area contributed by atoms with E-state index in [1.807, 2.05) is 0 Å². The summed E-state index contributed by atoms with van der Waals surface area (Å²) in [4.78, 5) is 13.7. The van der Waals surface area contributed by atoms with Crippen molar-refractivity contribution in [2.45, 2.75) is 0 Å². The van der Waals surface area contributed by atoms with E-state index in [1.54, 1.807) is 50.5 Å². The second-order valence-corrected chi connectivity index (χ2v) is 4.05. The Morgan fingerprint density at radius 1 is 1.25 bits per heavy atom. The van der Waals surface area contributed by atoms with Gasteiger partial charge in [0.25, 0.3) is 5.91 Å². The molecule has 20 heavy (non-hydrogen) atoms. The van der Waals surface area contributed by atoms with Crippen LogP contribution in [0.2, 0.25) is 0 Å². The van der Waals surface area contributed by atoms with Crippen LogP contribution in [0.5, 0.6) is 0 Å². The highest BCUT2D eigenvalue weighted by molar-refractivity contribution is 6.05. The fraction of sp³-hybridized carbons (Fsp3) is 0.143. The first-order chi connectivity index (χ1) is 9.67. The van der Waals surface area contributed by atoms with Crippen molar-refractivity contribution in [2.75, 3.05) is 24.3 Å². The molecule has 2 rings (SSSR count). The Hall–Kier alpha value is -2.94. The number of aromatic nitrogens is 2. The van der Waals surface area contributed by atoms with Gasteiger partial charge in [-0.05, 0) is 24.3 Å². The van der Waals surface area contributed by atoms with Crippen molar-refractivity contribution in [3.05, 3.63) is 47.7 Å². The number of hydrogen-bond acceptors (Lipinski definition) is 5. The van der Waals surface area contributed by atoms with E-state index in [2.05, 4.69) is 21.6 Å². The highest BCUT2D eigenvalue weighted by Crippen LogP contribution is 2.19. The number of amides is 1. The first-order valence-electron chi connectivity index (χ1n) is 5.96. The van der Waals surface area contributed by atoms with E-state index in [1.165, 1.54) is 4.90 Å². The molecule has 0 saturated heterocycles. The third-order valence-corrected chi connectivity index (χ3v) is 2.83. The molecule has 0 bridgehead atoms. The lowest BCUT2D eigenvalue weighted by atomic mass is 10.1. The van der Waals surface area contributed by atoms with Crippen molar-refractivity contribution < 1.29 is 4.79 Å². The molecule has 0 spiro atoms. The number of nitriles is 1. The van der Waals surface area contributed by atoms with Gasteiger partial charge in [0.1, 0.15) is 11.9 Å². The summed E-state index contributed by atoms with van der Waals surface area (Å²) in [5.41, 5.74) is 1.20. The number of benzene rings is 1. The average molecular weight is 267 g/mol. The molecule has 0 aliphatic rings. The predicted molar refractivity (Wildman–Crippen MR) is 75.5 cm³/mol. The summed E-state index contributed by atoms with van der Waals surface area (Å²) in [6.45, 7) is 0. The summed E-state index contributed by atoms with van der Waals surface area (Å²) in [6, 6.07) is 12.2. The topological polar surface area (TPSA) is 81.9 Å². The van der Waals surface area contributed by atoms with Gasteiger partial charge in [-0.3, -0.25) is 4.79 Å². The van der Waals surface area contributed by atoms with Gasteiger partial charge in [0.15, 0.2) is 5.69 Å². The van der Waals surface area contributed by atoms with E-state index in [0.29, 0.717) is 17.1 Å². The van der Waals surface area contributed by atoms with Gasteiger partial charge in [-0.1, -0.05) is 12.1 Å². The summed E-state index contributed by atoms with van der Waals surface area (Å²) in [5.74, 6) is 0.268. The van der Waals surface area contributed by atoms with Crippen LogP contribution in [0.1, 0.15) is 16.1 Å². The third-order valence-electron chi connectivity index (χ3n) is 2.83. The molecule has 0 atom stereocenters. The summed E-state index contributed by atoms with van der Waals surface area (Å²) >= 11 is 0. The maximum atomic E-state index is 12.3. The fourth-order valence-corrected chi connectivity index (χ4v) is 1.72. The van der Waals surface area contributed by atoms with E-state index in [-0.39, 0.29) is 11.6 Å². The van der Waals surface area contributed by atoms with E-state index < -0.39 is 0 Å². The van der Waals surface area contributed by atoms with Crippen LogP contribution < -0.4 is 10.2 Å². The van der Waals surface area contributed by atoms with E-state index >= 15 is 0 Å². The lowest BCUT2D eigenvalue weighted by Gasteiger charge is -2.17. The zero-order valence-electron chi connectivity index (χ0n) is 11.2. The van der Waals surface area contributed by atoms with Gasteiger partial charge in [-0.2, -0.15) is 5.26 Å². The van der Waals surface area contributed by atoms with Gasteiger partial charge in [0.2, 0.25) is 0 Å². The van der Waals surface area contributed by atoms with Crippen LogP contribution in [-0.2, 0) is 0 Å². The Morgan fingerprint density at radius 3 is 2.60 bits per heavy atom. The van der Waals surface area contributed by atoms with Crippen LogP contribution in [0.3, 0.4) is 0 Å². The molecule has 0 unspecified atom stereocenters. The Morgan fingerprint density at radius 2 is 2.00 bits per heavy atom. The molecule has 1 aromatic carbocycles. The molecular formula is C14H13N5O. The van der Waals surface area contributed by atoms with Crippen LogP contribution >= 0.6 is 0 Å². The largest absolute Gasteiger partial charge is 0.372 e. The summed E-state index contributed by atoms with van der Waals surface area (Å²) in [7, 11) is 3.33. The second-order valence-electron chi connectivity index (χ2n) is 4.05. The van der Waals surface area contributed by atoms with Gasteiger partial charge in [-0.15, -0.1) is 10.2 Å². The third kappa shape index (κ3) is 2.57. The van der Waals surface area contributed by atoms with Gasteiger partial charge >= 0.3 is 0 Å². The highest BCUT2D eigenvalue weighted by atomic mass is 16.2. The number of hydrogen-bond donors (Lipinski definition) is 1. The maximum absolute atomic E-state index is 12.3. The fourth-order valence-electron chi connectivity index (χ4n) is 1.72. The lowest BCUT2D eigenvalue weighted by Crippen LogP contribution is -2.28. The molecule has 0 saturated carbocycles. The van der Waals surface area contributed by atoms with Crippen molar-refractivity contribution in [3.63, 3.8) is 0 Å². The van der Waals surface area contributed by atoms with Crippen LogP contribution in [0, 0.1) is 11.3 Å². The van der Waals surface area contributed by atoms with Crippen LogP contribution in [0.25, 0.3) is 0 Å². The van der Waals surface area contributed by atoms with Crippen molar-refractivity contribution in [1.82, 2.24) is 10.2 Å². The van der Waals surface area contributed by atoms with E-state index in [9.17, 15) is 4.79 Å². The number of carbonyl (C=O) groups is 1. The van der Waals surface area contributed by atoms with Gasteiger partial charge in [-0.25, -0.2) is 0 Å². The normalized spacial score (nSPS) is 9.65. The number of carbonyl (C=O) groups excluding carboxylic acids is 1. The molecule has 100 valence electrons. The van der Waals surface area contributed by atoms with Crippen molar-refractivity contribution >= 4 is 17.4 Å². The molecular weight excluding hydrogens is 254 g/mol. The van der Waals surface area contributed by atoms with Crippen molar-refractivity contribution in [2.24, 2.45) is 0 Å². The molecule has 0 aliphatic heterocycles. The minimum Gasteiger partial charge on any atom is -0.372 e. The standard InChI is InChI=1S/C14H13N5O/c1-16-13-8-7-11(17-18-13)14(20)19(2)12-6-4-3-5-10(12)9-15/h3-8H,1-2H3,(H,16,18). The van der Waals surface area contributed by atoms with Crippen molar-refractivity contribution in [3.8, 4) is 6.07 Å². The van der Waals surface area contributed by atoms with Crippen molar-refractivity contribution in [1.29, 1.82) is 5.26 Å². The molecule has 6 nitrogen and oxygen atoms in total. The summed E-state index contributed by atoms with van der Waals surface area (Å²) in [5, 5.41) is 19.6. The zero-order chi connectivity index (χ0) is 14.5. The monoisotopic (exact) mass is 267 g/mol. The molecule has 1 N–H and O–H groups in total. The minimum absolute atomic E-state index is 0.222. The molecule has 0 fully saturated rings. The Labute approximate surface area is 116 Å². The number of nitrogens with one attached hydrogen (secondary N) is 1. The number of nitrogens with zero attached hydrogens (tertiary/aromatic N) is 4. The summed E-state index contributed by atoms with van der Waals surface area (Å²) in [6.07, 6.45) is 0. The van der Waals surface area contributed by atoms with Gasteiger partial charge in [0.05, 0.1) is 11.3 Å². The van der Waals surface area contributed by atoms with Crippen LogP contribution in [0.15, 0.2) is 36.4 Å². The van der Waals surface area contributed by atoms with Crippen LogP contribution in [-0.4, -0.2) is 30.2 Å². The first kappa shape index (κ1) is 13.5. The number of anilines is 2. The Kier molecular flexibility index (Phi) is 3.91. The maximum Gasteiger partial charge on any atom is 0.278 e. The SMILES string of the molecule is CNc1ccc(C(=O)N(C)c2ccccc2C#N)nn1. The second kappa shape index (κ2) is 5.80. The molecule has 0 aliphatic carbocycles. The van der Waals surface area contributed by atoms with E-state index in [4.69, 9.17) is 5.26 Å². The van der Waals surface area contributed by atoms with Gasteiger partial charge < -0.3 is 10.2 Å². The Balaban J connectivity index is 2.30. The minimum atomic E-state index is -0.317. The number of para-hydroxylation sites is 1. The molecule has 6 heteroatoms. The lowest BCUT2D eigenvalue weighted by molar-refractivity contribution is 0.0987. The first-order valence-corrected chi connectivity index (χ1v) is 5.96. The summed E-state index contributed by atoms with van der Waals surface area (Å²) < 4.78 is 0. The highest BCUT2D eigenvalue weighted by Gasteiger charge is 2.17. The predicted octanol–water partition coefficient (Wildman–Crippen LogP) is 1.67. The van der Waals surface area contributed by atoms with Crippen LogP contribution in [0.4, 0.5) is 11.5 Å². The quantitative estimate of drug-likeness (QED) is 0.914. The van der Waals surface area contributed by atoms with E-state index in [0.717, 1.165) is 0 Å². The molecule has 2 aromatic rings.